The molecule has 0 radical (unpaired) electrons. The molecule has 0 atom stereocenters. The third kappa shape index (κ3) is 3.17. The van der Waals surface area contributed by atoms with Crippen molar-refractivity contribution in [3.05, 3.63) is 76.8 Å². The van der Waals surface area contributed by atoms with E-state index in [1.165, 1.54) is 0 Å². The van der Waals surface area contributed by atoms with Gasteiger partial charge in [-0.15, -0.1) is 0 Å². The number of rotatable bonds is 4. The van der Waals surface area contributed by atoms with E-state index in [1.807, 2.05) is 55.5 Å². The molecule has 0 amide bonds. The first-order valence-electron chi connectivity index (χ1n) is 9.16. The summed E-state index contributed by atoms with van der Waals surface area (Å²) in [7, 11) is 0. The van der Waals surface area contributed by atoms with Crippen LogP contribution in [0.25, 0.3) is 33.2 Å². The van der Waals surface area contributed by atoms with E-state index in [9.17, 15) is 4.79 Å². The Labute approximate surface area is 171 Å². The topological polar surface area (TPSA) is 87.3 Å². The Morgan fingerprint density at radius 3 is 2.59 bits per heavy atom. The Bertz CT molecular complexity index is 1370. The fraction of sp³-hybridized carbons (Fsp3) is 0.0909. The van der Waals surface area contributed by atoms with Crippen LogP contribution in [0.3, 0.4) is 0 Å². The van der Waals surface area contributed by atoms with Gasteiger partial charge in [0.1, 0.15) is 0 Å². The number of Topliss-reactive ketones (excluding diaryl/α,β-unsaturated/α-hetero) is 1. The van der Waals surface area contributed by atoms with E-state index in [1.54, 1.807) is 6.20 Å². The average molecular weight is 402 g/mol. The van der Waals surface area contributed by atoms with Gasteiger partial charge in [-0.1, -0.05) is 41.9 Å². The maximum atomic E-state index is 12.6. The van der Waals surface area contributed by atoms with Crippen LogP contribution in [0.2, 0.25) is 5.02 Å². The van der Waals surface area contributed by atoms with Gasteiger partial charge in [0.2, 0.25) is 5.78 Å². The molecule has 2 aromatic carbocycles. The van der Waals surface area contributed by atoms with Crippen molar-refractivity contribution in [3.8, 4) is 11.3 Å². The molecule has 3 aromatic heterocycles. The highest BCUT2D eigenvalue weighted by molar-refractivity contribution is 6.33. The van der Waals surface area contributed by atoms with Crippen LogP contribution in [0, 0.1) is 6.92 Å². The molecule has 0 fully saturated rings. The number of ketones is 1. The number of pyridine rings is 1. The van der Waals surface area contributed by atoms with Crippen molar-refractivity contribution in [3.63, 3.8) is 0 Å². The summed E-state index contributed by atoms with van der Waals surface area (Å²) in [6.07, 6.45) is 1.92. The van der Waals surface area contributed by atoms with Gasteiger partial charge in [0.05, 0.1) is 27.3 Å². The largest absolute Gasteiger partial charge is 0.300 e. The fourth-order valence-corrected chi connectivity index (χ4v) is 3.65. The Morgan fingerprint density at radius 2 is 1.79 bits per heavy atom. The number of hydrogen-bond acceptors (Lipinski definition) is 4. The molecule has 0 aliphatic heterocycles. The number of imidazole rings is 1. The van der Waals surface area contributed by atoms with Gasteiger partial charge >= 0.3 is 0 Å². The van der Waals surface area contributed by atoms with Crippen LogP contribution >= 0.6 is 11.6 Å². The number of aromatic amines is 2. The number of benzene rings is 2. The molecule has 7 heteroatoms. The van der Waals surface area contributed by atoms with Crippen molar-refractivity contribution in [1.82, 2.24) is 25.1 Å². The lowest BCUT2D eigenvalue weighted by Crippen LogP contribution is -2.05. The van der Waals surface area contributed by atoms with E-state index in [0.29, 0.717) is 16.1 Å². The number of aromatic nitrogens is 5. The van der Waals surface area contributed by atoms with Crippen LogP contribution < -0.4 is 0 Å². The maximum absolute atomic E-state index is 12.6. The molecule has 3 heterocycles. The predicted octanol–water partition coefficient (Wildman–Crippen LogP) is 4.89. The van der Waals surface area contributed by atoms with Crippen molar-refractivity contribution in [2.45, 2.75) is 13.3 Å². The Kier molecular flexibility index (Phi) is 4.14. The van der Waals surface area contributed by atoms with E-state index >= 15 is 0 Å². The number of hydrogen-bond donors (Lipinski definition) is 2. The summed E-state index contributed by atoms with van der Waals surface area (Å²) < 4.78 is 0. The molecule has 0 saturated carbocycles. The number of H-pyrrole nitrogens is 2. The first-order valence-corrected chi connectivity index (χ1v) is 9.54. The zero-order valence-electron chi connectivity index (χ0n) is 15.5. The summed E-state index contributed by atoms with van der Waals surface area (Å²) in [6, 6.07) is 15.3. The minimum atomic E-state index is -0.101. The van der Waals surface area contributed by atoms with E-state index in [4.69, 9.17) is 11.6 Å². The lowest BCUT2D eigenvalue weighted by Gasteiger charge is -2.03. The van der Waals surface area contributed by atoms with Gasteiger partial charge in [-0.2, -0.15) is 0 Å². The van der Waals surface area contributed by atoms with E-state index in [0.717, 1.165) is 33.4 Å². The smallest absolute Gasteiger partial charge is 0.204 e. The summed E-state index contributed by atoms with van der Waals surface area (Å²) in [6.45, 7) is 1.92. The SMILES string of the molecule is Cc1cc(-c2[nH][nH]c3cc4nc(C(=O)Cc5ccccc5)nc4cc23)c(Cl)cn1. The van der Waals surface area contributed by atoms with E-state index in [-0.39, 0.29) is 18.0 Å². The van der Waals surface area contributed by atoms with Crippen LogP contribution in [0.5, 0.6) is 0 Å². The van der Waals surface area contributed by atoms with Gasteiger partial charge in [-0.25, -0.2) is 9.97 Å². The third-order valence-corrected chi connectivity index (χ3v) is 5.18. The van der Waals surface area contributed by atoms with Crippen LogP contribution in [0.1, 0.15) is 21.9 Å². The minimum Gasteiger partial charge on any atom is -0.300 e. The van der Waals surface area contributed by atoms with Gasteiger partial charge in [0, 0.05) is 29.3 Å². The second-order valence-corrected chi connectivity index (χ2v) is 7.36. The molecule has 0 saturated heterocycles. The van der Waals surface area contributed by atoms with Crippen molar-refractivity contribution in [2.75, 3.05) is 0 Å². The monoisotopic (exact) mass is 401 g/mol. The number of nitrogens with one attached hydrogen (secondary N) is 2. The van der Waals surface area contributed by atoms with E-state index < -0.39 is 0 Å². The zero-order valence-corrected chi connectivity index (χ0v) is 16.3. The number of fused-ring (bicyclic) bond motifs is 2. The lowest BCUT2D eigenvalue weighted by molar-refractivity contribution is 0.0984. The molecule has 5 aromatic rings. The van der Waals surface area contributed by atoms with Gasteiger partial charge in [0.25, 0.3) is 0 Å². The third-order valence-electron chi connectivity index (χ3n) is 4.88. The standard InChI is InChI=1S/C22H16ClN5O/c1-12-7-14(16(23)11-24-12)21-15-9-18-19(10-17(15)27-28-21)26-22(25-18)20(29)8-13-5-3-2-4-6-13/h2-7,9-11,27-28H,8H2,1H3. The molecule has 2 N–H and O–H groups in total. The summed E-state index contributed by atoms with van der Waals surface area (Å²) >= 11 is 6.36. The highest BCUT2D eigenvalue weighted by Gasteiger charge is 2.17. The van der Waals surface area contributed by atoms with Crippen molar-refractivity contribution >= 4 is 39.3 Å². The summed E-state index contributed by atoms with van der Waals surface area (Å²) in [5.41, 5.74) is 5.72. The number of carbonyl (C=O) groups is 1. The van der Waals surface area contributed by atoms with E-state index in [2.05, 4.69) is 25.1 Å². The normalized spacial score (nSPS) is 11.4. The van der Waals surface area contributed by atoms with Crippen LogP contribution in [0.15, 0.2) is 54.7 Å². The average Bonchev–Trinajstić information content (AvgIpc) is 3.32. The number of halogens is 1. The first kappa shape index (κ1) is 17.6. The fourth-order valence-electron chi connectivity index (χ4n) is 3.45. The second-order valence-electron chi connectivity index (χ2n) is 6.95. The van der Waals surface area contributed by atoms with Crippen molar-refractivity contribution in [2.24, 2.45) is 0 Å². The van der Waals surface area contributed by atoms with Crippen molar-refractivity contribution < 1.29 is 4.79 Å². The molecule has 29 heavy (non-hydrogen) atoms. The maximum Gasteiger partial charge on any atom is 0.204 e. The Balaban J connectivity index is 1.57. The van der Waals surface area contributed by atoms with Crippen LogP contribution in [-0.2, 0) is 6.42 Å². The van der Waals surface area contributed by atoms with Gasteiger partial charge < -0.3 is 5.10 Å². The molecule has 0 aliphatic rings. The van der Waals surface area contributed by atoms with Gasteiger partial charge in [-0.3, -0.25) is 14.9 Å². The Morgan fingerprint density at radius 1 is 1.03 bits per heavy atom. The molecular formula is C22H16ClN5O. The van der Waals surface area contributed by atoms with Crippen LogP contribution in [-0.4, -0.2) is 30.9 Å². The first-order chi connectivity index (χ1) is 14.1. The minimum absolute atomic E-state index is 0.101. The molecule has 5 rings (SSSR count). The summed E-state index contributed by atoms with van der Waals surface area (Å²) in [5, 5.41) is 7.80. The summed E-state index contributed by atoms with van der Waals surface area (Å²) in [4.78, 5) is 25.8. The molecular weight excluding hydrogens is 386 g/mol. The second kappa shape index (κ2) is 6.83. The number of carbonyl (C=O) groups excluding carboxylic acids is 1. The number of nitrogens with zero attached hydrogens (tertiary/aromatic N) is 3. The van der Waals surface area contributed by atoms with Crippen LogP contribution in [0.4, 0.5) is 0 Å². The van der Waals surface area contributed by atoms with Crippen molar-refractivity contribution in [1.29, 1.82) is 0 Å². The molecule has 0 spiro atoms. The van der Waals surface area contributed by atoms with Gasteiger partial charge in [0.15, 0.2) is 5.82 Å². The highest BCUT2D eigenvalue weighted by atomic mass is 35.5. The number of aryl methyl sites for hydroxylation is 1. The lowest BCUT2D eigenvalue weighted by atomic mass is 10.1. The molecule has 0 unspecified atom stereocenters. The van der Waals surface area contributed by atoms with Gasteiger partial charge in [-0.05, 0) is 30.7 Å². The molecule has 142 valence electrons. The molecule has 6 nitrogen and oxygen atoms in total. The molecule has 0 bridgehead atoms. The Hall–Kier alpha value is -3.51. The molecule has 0 aliphatic carbocycles. The highest BCUT2D eigenvalue weighted by Crippen LogP contribution is 2.33. The quantitative estimate of drug-likeness (QED) is 0.420. The zero-order chi connectivity index (χ0) is 20.0. The predicted molar refractivity (Wildman–Crippen MR) is 113 cm³/mol. The summed E-state index contributed by atoms with van der Waals surface area (Å²) in [5.74, 6) is 0.135.